The van der Waals surface area contributed by atoms with Gasteiger partial charge in [0.2, 0.25) is 0 Å². The zero-order chi connectivity index (χ0) is 11.0. The minimum absolute atomic E-state index is 0.895. The first-order valence-electron chi connectivity index (χ1n) is 5.34. The van der Waals surface area contributed by atoms with Gasteiger partial charge in [0.05, 0.1) is 5.69 Å². The Morgan fingerprint density at radius 2 is 2.06 bits per heavy atom. The molecule has 0 spiro atoms. The molecule has 6 heteroatoms. The molecule has 16 heavy (non-hydrogen) atoms. The third kappa shape index (κ3) is 1.53. The predicted molar refractivity (Wildman–Crippen MR) is 66.0 cm³/mol. The van der Waals surface area contributed by atoms with Crippen molar-refractivity contribution in [1.29, 1.82) is 0 Å². The van der Waals surface area contributed by atoms with Crippen LogP contribution in [0.1, 0.15) is 5.69 Å². The Labute approximate surface area is 97.7 Å². The van der Waals surface area contributed by atoms with Gasteiger partial charge in [-0.25, -0.2) is 9.97 Å². The Bertz CT molecular complexity index is 503. The van der Waals surface area contributed by atoms with E-state index in [1.165, 1.54) is 0 Å². The maximum absolute atomic E-state index is 4.37. The molecule has 1 N–H and O–H groups in total. The standard InChI is InChI=1S/C10H13N5S/c1-7-8-9(14-13-7)10(12-6-11-8)15-2-4-16-5-3-15/h6H,2-5H2,1H3,(H,13,14). The largest absolute Gasteiger partial charge is 0.353 e. The summed E-state index contributed by atoms with van der Waals surface area (Å²) in [6.45, 7) is 4.07. The van der Waals surface area contributed by atoms with Crippen molar-refractivity contribution in [3.63, 3.8) is 0 Å². The summed E-state index contributed by atoms with van der Waals surface area (Å²) in [4.78, 5) is 10.9. The number of hydrogen-bond acceptors (Lipinski definition) is 5. The summed E-state index contributed by atoms with van der Waals surface area (Å²) in [5.74, 6) is 3.29. The van der Waals surface area contributed by atoms with Crippen molar-refractivity contribution in [2.75, 3.05) is 29.5 Å². The number of hydrogen-bond donors (Lipinski definition) is 1. The molecule has 0 bridgehead atoms. The van der Waals surface area contributed by atoms with Crippen molar-refractivity contribution < 1.29 is 0 Å². The number of nitrogens with one attached hydrogen (secondary N) is 1. The Balaban J connectivity index is 2.08. The molecule has 0 saturated carbocycles. The highest BCUT2D eigenvalue weighted by atomic mass is 32.2. The molecule has 2 aromatic heterocycles. The second-order valence-corrected chi connectivity index (χ2v) is 5.07. The van der Waals surface area contributed by atoms with E-state index in [0.29, 0.717) is 0 Å². The van der Waals surface area contributed by atoms with E-state index < -0.39 is 0 Å². The maximum Gasteiger partial charge on any atom is 0.160 e. The van der Waals surface area contributed by atoms with Gasteiger partial charge in [0.15, 0.2) is 11.3 Å². The predicted octanol–water partition coefficient (Wildman–Crippen LogP) is 1.21. The van der Waals surface area contributed by atoms with Crippen molar-refractivity contribution in [2.24, 2.45) is 0 Å². The summed E-state index contributed by atoms with van der Waals surface area (Å²) >= 11 is 1.99. The molecule has 0 radical (unpaired) electrons. The molecule has 0 aromatic carbocycles. The van der Waals surface area contributed by atoms with E-state index in [0.717, 1.165) is 47.1 Å². The highest BCUT2D eigenvalue weighted by Crippen LogP contribution is 2.24. The lowest BCUT2D eigenvalue weighted by molar-refractivity contribution is 0.839. The van der Waals surface area contributed by atoms with Gasteiger partial charge in [0.25, 0.3) is 0 Å². The van der Waals surface area contributed by atoms with Gasteiger partial charge in [0, 0.05) is 24.6 Å². The van der Waals surface area contributed by atoms with E-state index in [4.69, 9.17) is 0 Å². The second-order valence-electron chi connectivity index (χ2n) is 3.84. The smallest absolute Gasteiger partial charge is 0.160 e. The van der Waals surface area contributed by atoms with Crippen LogP contribution < -0.4 is 4.90 Å². The fourth-order valence-electron chi connectivity index (χ4n) is 1.95. The van der Waals surface area contributed by atoms with Crippen molar-refractivity contribution in [1.82, 2.24) is 20.2 Å². The lowest BCUT2D eigenvalue weighted by atomic mass is 10.3. The van der Waals surface area contributed by atoms with Gasteiger partial charge in [0.1, 0.15) is 11.8 Å². The van der Waals surface area contributed by atoms with Crippen LogP contribution in [0.5, 0.6) is 0 Å². The van der Waals surface area contributed by atoms with Crippen molar-refractivity contribution in [3.05, 3.63) is 12.0 Å². The van der Waals surface area contributed by atoms with E-state index in [1.807, 2.05) is 18.7 Å². The number of aromatic nitrogens is 4. The van der Waals surface area contributed by atoms with E-state index in [1.54, 1.807) is 6.33 Å². The molecule has 5 nitrogen and oxygen atoms in total. The average molecular weight is 235 g/mol. The molecule has 0 aliphatic carbocycles. The summed E-state index contributed by atoms with van der Waals surface area (Å²) < 4.78 is 0. The number of H-pyrrole nitrogens is 1. The SMILES string of the molecule is Cc1[nH]nc2c(N3CCSCC3)ncnc12. The normalized spacial score (nSPS) is 16.9. The Kier molecular flexibility index (Phi) is 2.43. The molecule has 84 valence electrons. The summed E-state index contributed by atoms with van der Waals surface area (Å²) in [7, 11) is 0. The van der Waals surface area contributed by atoms with Gasteiger partial charge in [-0.05, 0) is 6.92 Å². The van der Waals surface area contributed by atoms with Gasteiger partial charge in [-0.3, -0.25) is 5.10 Å². The summed E-state index contributed by atoms with van der Waals surface area (Å²) in [6, 6.07) is 0. The molecule has 1 aliphatic heterocycles. The molecule has 3 rings (SSSR count). The first-order valence-corrected chi connectivity index (χ1v) is 6.50. The van der Waals surface area contributed by atoms with Gasteiger partial charge in [-0.2, -0.15) is 16.9 Å². The zero-order valence-corrected chi connectivity index (χ0v) is 9.92. The third-order valence-electron chi connectivity index (χ3n) is 2.80. The minimum Gasteiger partial charge on any atom is -0.353 e. The number of aromatic amines is 1. The van der Waals surface area contributed by atoms with E-state index in [-0.39, 0.29) is 0 Å². The number of fused-ring (bicyclic) bond motifs is 1. The van der Waals surface area contributed by atoms with Gasteiger partial charge in [-0.1, -0.05) is 0 Å². The quantitative estimate of drug-likeness (QED) is 0.805. The van der Waals surface area contributed by atoms with E-state index in [9.17, 15) is 0 Å². The van der Waals surface area contributed by atoms with Crippen LogP contribution in [0.15, 0.2) is 6.33 Å². The lowest BCUT2D eigenvalue weighted by Crippen LogP contribution is -2.33. The van der Waals surface area contributed by atoms with Crippen LogP contribution in [-0.4, -0.2) is 44.8 Å². The van der Waals surface area contributed by atoms with Crippen LogP contribution >= 0.6 is 11.8 Å². The molecular formula is C10H13N5S. The van der Waals surface area contributed by atoms with E-state index >= 15 is 0 Å². The Morgan fingerprint density at radius 1 is 1.25 bits per heavy atom. The molecule has 3 heterocycles. The number of thioether (sulfide) groups is 1. The first kappa shape index (κ1) is 9.89. The number of anilines is 1. The fourth-order valence-corrected chi connectivity index (χ4v) is 2.85. The average Bonchev–Trinajstić information content (AvgIpc) is 2.73. The fraction of sp³-hybridized carbons (Fsp3) is 0.500. The summed E-state index contributed by atoms with van der Waals surface area (Å²) in [5, 5.41) is 7.27. The van der Waals surface area contributed by atoms with Crippen LogP contribution in [0.3, 0.4) is 0 Å². The lowest BCUT2D eigenvalue weighted by Gasteiger charge is -2.27. The van der Waals surface area contributed by atoms with E-state index in [2.05, 4.69) is 25.1 Å². The van der Waals surface area contributed by atoms with Crippen LogP contribution in [-0.2, 0) is 0 Å². The monoisotopic (exact) mass is 235 g/mol. The van der Waals surface area contributed by atoms with Crippen molar-refractivity contribution in [3.8, 4) is 0 Å². The van der Waals surface area contributed by atoms with Crippen LogP contribution in [0, 0.1) is 6.92 Å². The molecule has 0 amide bonds. The molecule has 0 unspecified atom stereocenters. The van der Waals surface area contributed by atoms with Crippen LogP contribution in [0.2, 0.25) is 0 Å². The van der Waals surface area contributed by atoms with Crippen LogP contribution in [0.25, 0.3) is 11.0 Å². The van der Waals surface area contributed by atoms with Crippen LogP contribution in [0.4, 0.5) is 5.82 Å². The Morgan fingerprint density at radius 3 is 2.88 bits per heavy atom. The molecule has 0 atom stereocenters. The summed E-state index contributed by atoms with van der Waals surface area (Å²) in [6.07, 6.45) is 1.63. The van der Waals surface area contributed by atoms with Crippen molar-refractivity contribution in [2.45, 2.75) is 6.92 Å². The second kappa shape index (κ2) is 3.93. The Hall–Kier alpha value is -1.30. The van der Waals surface area contributed by atoms with Gasteiger partial charge >= 0.3 is 0 Å². The maximum atomic E-state index is 4.37. The number of rotatable bonds is 1. The first-order chi connectivity index (χ1) is 7.86. The summed E-state index contributed by atoms with van der Waals surface area (Å²) in [5.41, 5.74) is 2.83. The highest BCUT2D eigenvalue weighted by molar-refractivity contribution is 7.99. The zero-order valence-electron chi connectivity index (χ0n) is 9.10. The minimum atomic E-state index is 0.895. The molecular weight excluding hydrogens is 222 g/mol. The number of nitrogens with zero attached hydrogens (tertiary/aromatic N) is 4. The molecule has 1 aliphatic rings. The highest BCUT2D eigenvalue weighted by Gasteiger charge is 2.17. The van der Waals surface area contributed by atoms with Gasteiger partial charge < -0.3 is 4.90 Å². The topological polar surface area (TPSA) is 57.7 Å². The molecule has 1 saturated heterocycles. The molecule has 1 fully saturated rings. The molecule has 2 aromatic rings. The third-order valence-corrected chi connectivity index (χ3v) is 3.75. The number of aryl methyl sites for hydroxylation is 1. The van der Waals surface area contributed by atoms with Gasteiger partial charge in [-0.15, -0.1) is 0 Å². The van der Waals surface area contributed by atoms with Crippen molar-refractivity contribution >= 4 is 28.6 Å².